The highest BCUT2D eigenvalue weighted by Gasteiger charge is 2.19. The third kappa shape index (κ3) is 3.18. The monoisotopic (exact) mass is 266 g/mol. The maximum Gasteiger partial charge on any atom is 0.310 e. The summed E-state index contributed by atoms with van der Waals surface area (Å²) in [6, 6.07) is 2.65. The highest BCUT2D eigenvalue weighted by atomic mass is 35.7. The molecule has 0 bridgehead atoms. The summed E-state index contributed by atoms with van der Waals surface area (Å²) >= 11 is 0. The van der Waals surface area contributed by atoms with Crippen LogP contribution in [-0.4, -0.2) is 14.4 Å². The summed E-state index contributed by atoms with van der Waals surface area (Å²) in [6.45, 7) is 1.52. The van der Waals surface area contributed by atoms with Gasteiger partial charge in [0.25, 0.3) is 9.05 Å². The Labute approximate surface area is 96.4 Å². The number of hydrogen-bond acceptors (Lipinski definition) is 4. The lowest BCUT2D eigenvalue weighted by atomic mass is 10.3. The van der Waals surface area contributed by atoms with Gasteiger partial charge in [-0.25, -0.2) is 12.8 Å². The second kappa shape index (κ2) is 4.80. The number of carbonyl (C=O) groups is 1. The van der Waals surface area contributed by atoms with Gasteiger partial charge in [0.2, 0.25) is 0 Å². The van der Waals surface area contributed by atoms with Gasteiger partial charge >= 0.3 is 5.97 Å². The molecule has 0 saturated carbocycles. The molecule has 88 valence electrons. The van der Waals surface area contributed by atoms with E-state index >= 15 is 0 Å². The summed E-state index contributed by atoms with van der Waals surface area (Å²) in [5, 5.41) is 0. The molecule has 0 amide bonds. The number of hydrogen-bond donors (Lipinski definition) is 0. The summed E-state index contributed by atoms with van der Waals surface area (Å²) in [5.74, 6) is -1.79. The lowest BCUT2D eigenvalue weighted by Crippen LogP contribution is -2.08. The van der Waals surface area contributed by atoms with E-state index < -0.39 is 31.5 Å². The number of benzene rings is 1. The van der Waals surface area contributed by atoms with E-state index in [0.29, 0.717) is 0 Å². The Morgan fingerprint density at radius 3 is 2.62 bits per heavy atom. The van der Waals surface area contributed by atoms with Gasteiger partial charge in [-0.15, -0.1) is 0 Å². The van der Waals surface area contributed by atoms with Crippen LogP contribution in [-0.2, 0) is 13.8 Å². The van der Waals surface area contributed by atoms with Gasteiger partial charge in [0, 0.05) is 23.2 Å². The standard InChI is InChI=1S/C9H8ClFO4S/c1-2-9(12)15-7-5-6(11)3-4-8(7)16(10,13)14/h3-5H,2H2,1H3. The molecule has 7 heteroatoms. The minimum Gasteiger partial charge on any atom is -0.425 e. The first-order valence-corrected chi connectivity index (χ1v) is 6.60. The first-order valence-electron chi connectivity index (χ1n) is 4.29. The van der Waals surface area contributed by atoms with Crippen LogP contribution in [0.4, 0.5) is 4.39 Å². The van der Waals surface area contributed by atoms with Crippen molar-refractivity contribution in [2.24, 2.45) is 0 Å². The minimum atomic E-state index is -4.08. The Morgan fingerprint density at radius 2 is 2.12 bits per heavy atom. The second-order valence-electron chi connectivity index (χ2n) is 2.86. The van der Waals surface area contributed by atoms with Crippen LogP contribution in [0.15, 0.2) is 23.1 Å². The topological polar surface area (TPSA) is 60.4 Å². The summed E-state index contributed by atoms with van der Waals surface area (Å²) in [7, 11) is 1.03. The molecule has 0 aliphatic heterocycles. The van der Waals surface area contributed by atoms with Crippen molar-refractivity contribution in [3.8, 4) is 5.75 Å². The maximum atomic E-state index is 12.9. The van der Waals surface area contributed by atoms with Crippen molar-refractivity contribution in [3.63, 3.8) is 0 Å². The van der Waals surface area contributed by atoms with Crippen molar-refractivity contribution in [2.75, 3.05) is 0 Å². The van der Waals surface area contributed by atoms with Crippen LogP contribution < -0.4 is 4.74 Å². The van der Waals surface area contributed by atoms with Crippen LogP contribution in [0.1, 0.15) is 13.3 Å². The summed E-state index contributed by atoms with van der Waals surface area (Å²) in [5.41, 5.74) is 0. The third-order valence-corrected chi connectivity index (χ3v) is 3.04. The molecule has 0 fully saturated rings. The molecule has 1 aromatic rings. The molecule has 0 heterocycles. The predicted octanol–water partition coefficient (Wildman–Crippen LogP) is 2.07. The van der Waals surface area contributed by atoms with E-state index in [1.807, 2.05) is 0 Å². The van der Waals surface area contributed by atoms with Crippen molar-refractivity contribution in [1.29, 1.82) is 0 Å². The van der Waals surface area contributed by atoms with Crippen LogP contribution in [0, 0.1) is 5.82 Å². The summed E-state index contributed by atoms with van der Waals surface area (Å²) in [6.07, 6.45) is 0.0400. The summed E-state index contributed by atoms with van der Waals surface area (Å²) < 4.78 is 39.7. The molecule has 0 aromatic heterocycles. The fourth-order valence-corrected chi connectivity index (χ4v) is 1.91. The molecule has 0 N–H and O–H groups in total. The third-order valence-electron chi connectivity index (χ3n) is 1.68. The number of carbonyl (C=O) groups excluding carboxylic acids is 1. The second-order valence-corrected chi connectivity index (χ2v) is 5.39. The van der Waals surface area contributed by atoms with Gasteiger partial charge in [-0.1, -0.05) is 6.92 Å². The number of ether oxygens (including phenoxy) is 1. The van der Waals surface area contributed by atoms with Gasteiger partial charge in [-0.3, -0.25) is 4.79 Å². The van der Waals surface area contributed by atoms with Gasteiger partial charge in [0.1, 0.15) is 10.7 Å². The predicted molar refractivity (Wildman–Crippen MR) is 55.4 cm³/mol. The highest BCUT2D eigenvalue weighted by molar-refractivity contribution is 8.13. The van der Waals surface area contributed by atoms with Crippen LogP contribution in [0.25, 0.3) is 0 Å². The molecule has 0 spiro atoms. The minimum absolute atomic E-state index is 0.0400. The Balaban J connectivity index is 3.24. The van der Waals surface area contributed by atoms with Crippen LogP contribution >= 0.6 is 10.7 Å². The Morgan fingerprint density at radius 1 is 1.50 bits per heavy atom. The molecule has 0 aliphatic rings. The Kier molecular flexibility index (Phi) is 3.88. The van der Waals surface area contributed by atoms with E-state index in [1.54, 1.807) is 0 Å². The summed E-state index contributed by atoms with van der Waals surface area (Å²) in [4.78, 5) is 10.6. The van der Waals surface area contributed by atoms with E-state index in [2.05, 4.69) is 4.74 Å². The Hall–Kier alpha value is -1.14. The zero-order valence-corrected chi connectivity index (χ0v) is 9.81. The molecule has 16 heavy (non-hydrogen) atoms. The van der Waals surface area contributed by atoms with Gasteiger partial charge in [0.15, 0.2) is 5.75 Å². The molecule has 0 unspecified atom stereocenters. The maximum absolute atomic E-state index is 12.9. The van der Waals surface area contributed by atoms with E-state index in [0.717, 1.165) is 18.2 Å². The van der Waals surface area contributed by atoms with Gasteiger partial charge in [0.05, 0.1) is 0 Å². The molecule has 0 aliphatic carbocycles. The molecule has 1 rings (SSSR count). The molecule has 0 atom stereocenters. The number of rotatable bonds is 3. The molecule has 1 aromatic carbocycles. The van der Waals surface area contributed by atoms with Gasteiger partial charge in [-0.05, 0) is 12.1 Å². The molecule has 4 nitrogen and oxygen atoms in total. The average Bonchev–Trinajstić information content (AvgIpc) is 2.15. The van der Waals surface area contributed by atoms with Gasteiger partial charge < -0.3 is 4.74 Å². The zero-order chi connectivity index (χ0) is 12.3. The fraction of sp³-hybridized carbons (Fsp3) is 0.222. The lowest BCUT2D eigenvalue weighted by molar-refractivity contribution is -0.134. The number of halogens is 2. The fourth-order valence-electron chi connectivity index (χ4n) is 0.958. The normalized spacial score (nSPS) is 11.2. The van der Waals surface area contributed by atoms with Crippen molar-refractivity contribution < 1.29 is 22.3 Å². The van der Waals surface area contributed by atoms with Crippen molar-refractivity contribution in [1.82, 2.24) is 0 Å². The van der Waals surface area contributed by atoms with Crippen LogP contribution in [0.5, 0.6) is 5.75 Å². The largest absolute Gasteiger partial charge is 0.425 e. The smallest absolute Gasteiger partial charge is 0.310 e. The molecular weight excluding hydrogens is 259 g/mol. The first kappa shape index (κ1) is 12.9. The Bertz CT molecular complexity index is 512. The van der Waals surface area contributed by atoms with Gasteiger partial charge in [-0.2, -0.15) is 0 Å². The van der Waals surface area contributed by atoms with E-state index in [1.165, 1.54) is 6.92 Å². The highest BCUT2D eigenvalue weighted by Crippen LogP contribution is 2.27. The molecule has 0 radical (unpaired) electrons. The average molecular weight is 267 g/mol. The SMILES string of the molecule is CCC(=O)Oc1cc(F)ccc1S(=O)(=O)Cl. The van der Waals surface area contributed by atoms with Crippen molar-refractivity contribution in [3.05, 3.63) is 24.0 Å². The van der Waals surface area contributed by atoms with Crippen molar-refractivity contribution in [2.45, 2.75) is 18.2 Å². The number of esters is 1. The molecule has 0 saturated heterocycles. The van der Waals surface area contributed by atoms with Crippen LogP contribution in [0.3, 0.4) is 0 Å². The van der Waals surface area contributed by atoms with Crippen molar-refractivity contribution >= 4 is 25.7 Å². The molecular formula is C9H8ClFO4S. The zero-order valence-electron chi connectivity index (χ0n) is 8.24. The quantitative estimate of drug-likeness (QED) is 0.477. The first-order chi connectivity index (χ1) is 7.34. The van der Waals surface area contributed by atoms with E-state index in [9.17, 15) is 17.6 Å². The van der Waals surface area contributed by atoms with E-state index in [-0.39, 0.29) is 6.42 Å². The van der Waals surface area contributed by atoms with Crippen LogP contribution in [0.2, 0.25) is 0 Å². The lowest BCUT2D eigenvalue weighted by Gasteiger charge is -2.06. The van der Waals surface area contributed by atoms with E-state index in [4.69, 9.17) is 10.7 Å².